The number of carbonyl (C=O) groups excluding carboxylic acids is 3. The molecule has 2 unspecified atom stereocenters. The van der Waals surface area contributed by atoms with E-state index in [-0.39, 0.29) is 23.9 Å². The number of ether oxygens (including phenoxy) is 1. The van der Waals surface area contributed by atoms with Gasteiger partial charge in [-0.05, 0) is 87.1 Å². The molecule has 2 aliphatic heterocycles. The predicted octanol–water partition coefficient (Wildman–Crippen LogP) is 5.08. The summed E-state index contributed by atoms with van der Waals surface area (Å²) < 4.78 is 5.06. The molecule has 0 bridgehead atoms. The highest BCUT2D eigenvalue weighted by Gasteiger charge is 2.36. The molecule has 1 aliphatic carbocycles. The molecule has 3 atom stereocenters. The molecule has 34 heavy (non-hydrogen) atoms. The van der Waals surface area contributed by atoms with Crippen LogP contribution in [0.5, 0.6) is 0 Å². The Balaban J connectivity index is 1.22. The van der Waals surface area contributed by atoms with Crippen LogP contribution in [0, 0.1) is 5.92 Å². The smallest absolute Gasteiger partial charge is 0.414 e. The predicted molar refractivity (Wildman–Crippen MR) is 130 cm³/mol. The van der Waals surface area contributed by atoms with Crippen LogP contribution in [0.4, 0.5) is 16.2 Å². The first-order chi connectivity index (χ1) is 16.5. The van der Waals surface area contributed by atoms with E-state index >= 15 is 0 Å². The number of cyclic esters (lactones) is 1. The molecule has 2 aromatic rings. The molecule has 7 heteroatoms. The van der Waals surface area contributed by atoms with Gasteiger partial charge in [-0.3, -0.25) is 14.5 Å². The van der Waals surface area contributed by atoms with Crippen molar-refractivity contribution < 1.29 is 19.1 Å². The molecule has 1 N–H and O–H groups in total. The molecule has 5 rings (SSSR count). The van der Waals surface area contributed by atoms with Crippen molar-refractivity contribution in [3.8, 4) is 0 Å². The van der Waals surface area contributed by atoms with Crippen molar-refractivity contribution in [2.75, 3.05) is 23.4 Å². The fraction of sp³-hybridized carbons (Fsp3) is 0.444. The van der Waals surface area contributed by atoms with Gasteiger partial charge in [0.15, 0.2) is 0 Å². The average Bonchev–Trinajstić information content (AvgIpc) is 3.21. The van der Waals surface area contributed by atoms with Crippen molar-refractivity contribution in [3.63, 3.8) is 0 Å². The number of amides is 3. The summed E-state index contributed by atoms with van der Waals surface area (Å²) in [6.07, 6.45) is 6.78. The molecule has 0 aromatic heterocycles. The molecule has 3 aliphatic rings. The number of hydrogen-bond donors (Lipinski definition) is 1. The number of piperidine rings is 1. The van der Waals surface area contributed by atoms with Gasteiger partial charge >= 0.3 is 6.09 Å². The summed E-state index contributed by atoms with van der Waals surface area (Å²) in [7, 11) is 0. The van der Waals surface area contributed by atoms with Gasteiger partial charge < -0.3 is 15.0 Å². The highest BCUT2D eigenvalue weighted by Crippen LogP contribution is 2.36. The van der Waals surface area contributed by atoms with Crippen LogP contribution in [-0.4, -0.2) is 48.0 Å². The maximum atomic E-state index is 13.2. The molecule has 1 saturated carbocycles. The minimum Gasteiger partial charge on any atom is -0.447 e. The quantitative estimate of drug-likeness (QED) is 0.689. The van der Waals surface area contributed by atoms with Gasteiger partial charge in [0.1, 0.15) is 6.61 Å². The highest BCUT2D eigenvalue weighted by atomic mass is 16.6. The molecule has 2 aromatic carbocycles. The summed E-state index contributed by atoms with van der Waals surface area (Å²) in [5, 5.41) is 2.89. The minimum absolute atomic E-state index is 0.0395. The number of nitrogens with zero attached hydrogens (tertiary/aromatic N) is 2. The van der Waals surface area contributed by atoms with Gasteiger partial charge in [0.05, 0.1) is 6.04 Å². The topological polar surface area (TPSA) is 79.0 Å². The lowest BCUT2D eigenvalue weighted by molar-refractivity contribution is 0.0390. The lowest BCUT2D eigenvalue weighted by Gasteiger charge is -2.44. The van der Waals surface area contributed by atoms with E-state index in [4.69, 9.17) is 4.74 Å². The molecule has 7 nitrogen and oxygen atoms in total. The average molecular weight is 462 g/mol. The van der Waals surface area contributed by atoms with Crippen LogP contribution in [0.3, 0.4) is 0 Å². The van der Waals surface area contributed by atoms with E-state index < -0.39 is 0 Å². The van der Waals surface area contributed by atoms with Crippen molar-refractivity contribution in [1.29, 1.82) is 0 Å². The zero-order chi connectivity index (χ0) is 23.7. The number of carbonyl (C=O) groups is 3. The fourth-order valence-electron chi connectivity index (χ4n) is 5.59. The Morgan fingerprint density at radius 3 is 2.29 bits per heavy atom. The molecule has 0 spiro atoms. The Morgan fingerprint density at radius 1 is 0.912 bits per heavy atom. The lowest BCUT2D eigenvalue weighted by atomic mass is 9.78. The van der Waals surface area contributed by atoms with Gasteiger partial charge in [-0.2, -0.15) is 0 Å². The third-order valence-corrected chi connectivity index (χ3v) is 7.39. The monoisotopic (exact) mass is 461 g/mol. The number of rotatable bonds is 4. The Labute approximate surface area is 200 Å². The molecular formula is C27H31N3O4. The first kappa shape index (κ1) is 22.4. The molecule has 178 valence electrons. The van der Waals surface area contributed by atoms with Gasteiger partial charge in [0, 0.05) is 35.1 Å². The van der Waals surface area contributed by atoms with Crippen LogP contribution in [0.2, 0.25) is 0 Å². The SMILES string of the molecule is CC1COC(=O)N1c1ccc(C(=O)Nc2ccc(C(=O)N3CCC[C@@H]4CCCCC43)cc2)cc1. The van der Waals surface area contributed by atoms with E-state index in [0.29, 0.717) is 41.1 Å². The standard InChI is InChI=1S/C27H31N3O4/c1-18-17-34-27(33)30(18)23-14-10-20(11-15-23)25(31)28-22-12-8-21(9-13-22)26(32)29-16-4-6-19-5-2-3-7-24(19)29/h8-15,18-19,24H,2-7,16-17H2,1H3,(H,28,31)/t18?,19-,24?/m0/s1. The van der Waals surface area contributed by atoms with E-state index in [0.717, 1.165) is 19.4 Å². The van der Waals surface area contributed by atoms with E-state index in [2.05, 4.69) is 10.2 Å². The largest absolute Gasteiger partial charge is 0.447 e. The summed E-state index contributed by atoms with van der Waals surface area (Å²) in [5.74, 6) is 0.499. The summed E-state index contributed by atoms with van der Waals surface area (Å²) in [4.78, 5) is 41.5. The second-order valence-electron chi connectivity index (χ2n) is 9.63. The molecule has 3 fully saturated rings. The minimum atomic E-state index is -0.372. The van der Waals surface area contributed by atoms with Crippen LogP contribution >= 0.6 is 0 Å². The number of anilines is 2. The van der Waals surface area contributed by atoms with Gasteiger partial charge in [0.25, 0.3) is 11.8 Å². The third-order valence-electron chi connectivity index (χ3n) is 7.39. The van der Waals surface area contributed by atoms with Crippen LogP contribution in [-0.2, 0) is 4.74 Å². The first-order valence-electron chi connectivity index (χ1n) is 12.3. The molecule has 0 radical (unpaired) electrons. The van der Waals surface area contributed by atoms with Crippen molar-refractivity contribution in [3.05, 3.63) is 59.7 Å². The molecule has 3 amide bonds. The van der Waals surface area contributed by atoms with Crippen molar-refractivity contribution >= 4 is 29.3 Å². The summed E-state index contributed by atoms with van der Waals surface area (Å²) in [6, 6.07) is 14.4. The number of likely N-dealkylation sites (tertiary alicyclic amines) is 1. The molecular weight excluding hydrogens is 430 g/mol. The van der Waals surface area contributed by atoms with Crippen molar-refractivity contribution in [2.24, 2.45) is 5.92 Å². The van der Waals surface area contributed by atoms with Crippen LogP contribution in [0.1, 0.15) is 66.2 Å². The second-order valence-corrected chi connectivity index (χ2v) is 9.63. The van der Waals surface area contributed by atoms with Gasteiger partial charge in [-0.1, -0.05) is 12.8 Å². The van der Waals surface area contributed by atoms with E-state index in [1.54, 1.807) is 53.4 Å². The maximum Gasteiger partial charge on any atom is 0.414 e. The van der Waals surface area contributed by atoms with Crippen molar-refractivity contribution in [1.82, 2.24) is 4.90 Å². The second kappa shape index (κ2) is 9.49. The summed E-state index contributed by atoms with van der Waals surface area (Å²) in [5.41, 5.74) is 2.49. The van der Waals surface area contributed by atoms with Gasteiger partial charge in [0.2, 0.25) is 0 Å². The fourth-order valence-corrected chi connectivity index (χ4v) is 5.59. The zero-order valence-corrected chi connectivity index (χ0v) is 19.5. The highest BCUT2D eigenvalue weighted by molar-refractivity contribution is 6.05. The van der Waals surface area contributed by atoms with E-state index in [1.807, 2.05) is 6.92 Å². The van der Waals surface area contributed by atoms with Crippen molar-refractivity contribution in [2.45, 2.75) is 57.5 Å². The molecule has 2 heterocycles. The number of nitrogens with one attached hydrogen (secondary N) is 1. The van der Waals surface area contributed by atoms with Crippen LogP contribution in [0.15, 0.2) is 48.5 Å². The lowest BCUT2D eigenvalue weighted by Crippen LogP contribution is -2.49. The Hall–Kier alpha value is -3.35. The van der Waals surface area contributed by atoms with Crippen LogP contribution < -0.4 is 10.2 Å². The number of hydrogen-bond acceptors (Lipinski definition) is 4. The zero-order valence-electron chi connectivity index (χ0n) is 19.5. The maximum absolute atomic E-state index is 13.2. The van der Waals surface area contributed by atoms with E-state index in [9.17, 15) is 14.4 Å². The van der Waals surface area contributed by atoms with Gasteiger partial charge in [-0.25, -0.2) is 4.79 Å². The third kappa shape index (κ3) is 4.39. The Kier molecular flexibility index (Phi) is 6.26. The Morgan fingerprint density at radius 2 is 1.59 bits per heavy atom. The summed E-state index contributed by atoms with van der Waals surface area (Å²) in [6.45, 7) is 3.11. The van der Waals surface area contributed by atoms with Gasteiger partial charge in [-0.15, -0.1) is 0 Å². The number of benzene rings is 2. The molecule has 2 saturated heterocycles. The first-order valence-corrected chi connectivity index (χ1v) is 12.3. The van der Waals surface area contributed by atoms with E-state index in [1.165, 1.54) is 25.7 Å². The number of fused-ring (bicyclic) bond motifs is 1. The Bertz CT molecular complexity index is 1060. The normalized spacial score (nSPS) is 24.4. The van der Waals surface area contributed by atoms with Crippen LogP contribution in [0.25, 0.3) is 0 Å². The summed E-state index contributed by atoms with van der Waals surface area (Å²) >= 11 is 0.